The lowest BCUT2D eigenvalue weighted by Gasteiger charge is -2.32. The molecule has 1 amide bonds. The molecule has 1 saturated heterocycles. The molecule has 0 bridgehead atoms. The molecular weight excluding hydrogens is 262 g/mol. The molecule has 0 aliphatic carbocycles. The van der Waals surface area contributed by atoms with Gasteiger partial charge in [-0.15, -0.1) is 0 Å². The van der Waals surface area contributed by atoms with Crippen molar-refractivity contribution in [2.75, 3.05) is 13.1 Å². The van der Waals surface area contributed by atoms with Crippen molar-refractivity contribution in [2.24, 2.45) is 7.05 Å². The van der Waals surface area contributed by atoms with E-state index in [1.807, 2.05) is 16.5 Å². The van der Waals surface area contributed by atoms with Crippen LogP contribution in [-0.2, 0) is 7.05 Å². The van der Waals surface area contributed by atoms with Crippen molar-refractivity contribution in [3.63, 3.8) is 0 Å². The molecule has 0 radical (unpaired) electrons. The topological polar surface area (TPSA) is 38.1 Å². The molecule has 1 fully saturated rings. The highest BCUT2D eigenvalue weighted by Gasteiger charge is 2.26. The van der Waals surface area contributed by atoms with Gasteiger partial charge in [-0.05, 0) is 25.3 Å². The summed E-state index contributed by atoms with van der Waals surface area (Å²) in [6.07, 6.45) is 5.67. The number of aromatic nitrogens is 2. The third-order valence-corrected chi connectivity index (χ3v) is 4.15. The first-order chi connectivity index (χ1) is 10.1. The zero-order valence-electron chi connectivity index (χ0n) is 12.6. The predicted molar refractivity (Wildman–Crippen MR) is 82.3 cm³/mol. The van der Waals surface area contributed by atoms with Gasteiger partial charge in [0, 0.05) is 32.3 Å². The minimum atomic E-state index is 0.0490. The van der Waals surface area contributed by atoms with Crippen molar-refractivity contribution in [2.45, 2.75) is 25.7 Å². The van der Waals surface area contributed by atoms with Crippen molar-refractivity contribution in [1.82, 2.24) is 14.5 Å². The molecule has 1 aromatic carbocycles. The van der Waals surface area contributed by atoms with E-state index in [2.05, 4.69) is 36.2 Å². The average Bonchev–Trinajstić information content (AvgIpc) is 2.93. The molecular formula is C17H21N3O. The number of hydrogen-bond acceptors (Lipinski definition) is 2. The Bertz CT molecular complexity index is 647. The summed E-state index contributed by atoms with van der Waals surface area (Å²) >= 11 is 0. The van der Waals surface area contributed by atoms with Crippen LogP contribution in [0.4, 0.5) is 0 Å². The quantitative estimate of drug-likeness (QED) is 0.850. The van der Waals surface area contributed by atoms with Gasteiger partial charge in [0.2, 0.25) is 0 Å². The van der Waals surface area contributed by atoms with Gasteiger partial charge in [0.05, 0.1) is 6.33 Å². The molecule has 2 aromatic rings. The van der Waals surface area contributed by atoms with Gasteiger partial charge in [-0.25, -0.2) is 4.98 Å². The number of piperidine rings is 1. The minimum Gasteiger partial charge on any atom is -0.340 e. The van der Waals surface area contributed by atoms with E-state index in [4.69, 9.17) is 0 Å². The molecule has 1 aromatic heterocycles. The Morgan fingerprint density at radius 2 is 2.24 bits per heavy atom. The summed E-state index contributed by atoms with van der Waals surface area (Å²) in [6, 6.07) is 8.62. The summed E-state index contributed by atoms with van der Waals surface area (Å²) in [5.41, 5.74) is 3.16. The van der Waals surface area contributed by atoms with Gasteiger partial charge in [-0.3, -0.25) is 4.79 Å². The summed E-state index contributed by atoms with van der Waals surface area (Å²) < 4.78 is 1.81. The fourth-order valence-electron chi connectivity index (χ4n) is 3.04. The molecule has 4 heteroatoms. The number of carbonyl (C=O) groups is 1. The SMILES string of the molecule is Cc1cccc(C2CCCN(C(=O)c3cn(C)cn3)C2)c1. The van der Waals surface area contributed by atoms with Crippen molar-refractivity contribution in [3.05, 3.63) is 53.6 Å². The normalized spacial score (nSPS) is 18.8. The molecule has 0 spiro atoms. The van der Waals surface area contributed by atoms with Gasteiger partial charge in [0.1, 0.15) is 5.69 Å². The fourth-order valence-corrected chi connectivity index (χ4v) is 3.04. The maximum atomic E-state index is 12.5. The number of nitrogens with zero attached hydrogens (tertiary/aromatic N) is 3. The third kappa shape index (κ3) is 2.99. The summed E-state index contributed by atoms with van der Waals surface area (Å²) in [7, 11) is 1.88. The smallest absolute Gasteiger partial charge is 0.274 e. The van der Waals surface area contributed by atoms with Crippen LogP contribution in [-0.4, -0.2) is 33.4 Å². The van der Waals surface area contributed by atoms with Gasteiger partial charge in [-0.2, -0.15) is 0 Å². The van der Waals surface area contributed by atoms with Crippen LogP contribution >= 0.6 is 0 Å². The molecule has 1 aliphatic heterocycles. The van der Waals surface area contributed by atoms with Crippen LogP contribution in [0.1, 0.15) is 40.4 Å². The van der Waals surface area contributed by atoms with Crippen LogP contribution in [0, 0.1) is 6.92 Å². The van der Waals surface area contributed by atoms with Crippen molar-refractivity contribution < 1.29 is 4.79 Å². The van der Waals surface area contributed by atoms with Gasteiger partial charge in [0.25, 0.3) is 5.91 Å². The van der Waals surface area contributed by atoms with E-state index < -0.39 is 0 Å². The van der Waals surface area contributed by atoms with Crippen LogP contribution in [0.15, 0.2) is 36.8 Å². The highest BCUT2D eigenvalue weighted by molar-refractivity contribution is 5.92. The van der Waals surface area contributed by atoms with Crippen molar-refractivity contribution >= 4 is 5.91 Å². The Kier molecular flexibility index (Phi) is 3.78. The number of aryl methyl sites for hydroxylation is 2. The predicted octanol–water partition coefficient (Wildman–Crippen LogP) is 2.75. The monoisotopic (exact) mass is 283 g/mol. The highest BCUT2D eigenvalue weighted by atomic mass is 16.2. The Labute approximate surface area is 125 Å². The van der Waals surface area contributed by atoms with Crippen LogP contribution < -0.4 is 0 Å². The van der Waals surface area contributed by atoms with E-state index in [0.717, 1.165) is 25.9 Å². The lowest BCUT2D eigenvalue weighted by atomic mass is 9.90. The number of carbonyl (C=O) groups excluding carboxylic acids is 1. The zero-order valence-corrected chi connectivity index (χ0v) is 12.6. The third-order valence-electron chi connectivity index (χ3n) is 4.15. The molecule has 21 heavy (non-hydrogen) atoms. The van der Waals surface area contributed by atoms with Crippen LogP contribution in [0.3, 0.4) is 0 Å². The molecule has 0 N–H and O–H groups in total. The van der Waals surface area contributed by atoms with Gasteiger partial charge in [0.15, 0.2) is 0 Å². The van der Waals surface area contributed by atoms with Crippen LogP contribution in [0.2, 0.25) is 0 Å². The van der Waals surface area contributed by atoms with Gasteiger partial charge >= 0.3 is 0 Å². The zero-order chi connectivity index (χ0) is 14.8. The number of amides is 1. The van der Waals surface area contributed by atoms with Crippen LogP contribution in [0.25, 0.3) is 0 Å². The lowest BCUT2D eigenvalue weighted by molar-refractivity contribution is 0.0701. The van der Waals surface area contributed by atoms with E-state index in [-0.39, 0.29) is 5.91 Å². The Hall–Kier alpha value is -2.10. The number of benzene rings is 1. The molecule has 1 unspecified atom stereocenters. The maximum absolute atomic E-state index is 12.5. The van der Waals surface area contributed by atoms with Crippen LogP contribution in [0.5, 0.6) is 0 Å². The summed E-state index contributed by atoms with van der Waals surface area (Å²) in [5, 5.41) is 0. The Balaban J connectivity index is 1.75. The molecule has 3 rings (SSSR count). The molecule has 2 heterocycles. The van der Waals surface area contributed by atoms with E-state index in [0.29, 0.717) is 11.6 Å². The first-order valence-corrected chi connectivity index (χ1v) is 7.47. The molecule has 4 nitrogen and oxygen atoms in total. The lowest BCUT2D eigenvalue weighted by Crippen LogP contribution is -2.39. The average molecular weight is 283 g/mol. The number of hydrogen-bond donors (Lipinski definition) is 0. The molecule has 1 atom stereocenters. The first kappa shape index (κ1) is 13.9. The second kappa shape index (κ2) is 5.72. The maximum Gasteiger partial charge on any atom is 0.274 e. The number of likely N-dealkylation sites (tertiary alicyclic amines) is 1. The van der Waals surface area contributed by atoms with E-state index in [1.165, 1.54) is 11.1 Å². The molecule has 0 saturated carbocycles. The van der Waals surface area contributed by atoms with Crippen molar-refractivity contribution in [3.8, 4) is 0 Å². The fraction of sp³-hybridized carbons (Fsp3) is 0.412. The van der Waals surface area contributed by atoms with Gasteiger partial charge in [-0.1, -0.05) is 29.8 Å². The minimum absolute atomic E-state index is 0.0490. The Morgan fingerprint density at radius 1 is 1.38 bits per heavy atom. The van der Waals surface area contributed by atoms with E-state index >= 15 is 0 Å². The standard InChI is InChI=1S/C17H21N3O/c1-13-5-3-6-14(9-13)15-7-4-8-20(10-15)17(21)16-11-19(2)12-18-16/h3,5-6,9,11-12,15H,4,7-8,10H2,1-2H3. The molecule has 110 valence electrons. The summed E-state index contributed by atoms with van der Waals surface area (Å²) in [5.74, 6) is 0.485. The molecule has 1 aliphatic rings. The number of rotatable bonds is 2. The largest absolute Gasteiger partial charge is 0.340 e. The second-order valence-electron chi connectivity index (χ2n) is 5.93. The van der Waals surface area contributed by atoms with Gasteiger partial charge < -0.3 is 9.47 Å². The second-order valence-corrected chi connectivity index (χ2v) is 5.93. The summed E-state index contributed by atoms with van der Waals surface area (Å²) in [4.78, 5) is 18.6. The van der Waals surface area contributed by atoms with E-state index in [9.17, 15) is 4.79 Å². The van der Waals surface area contributed by atoms with Crippen molar-refractivity contribution in [1.29, 1.82) is 0 Å². The van der Waals surface area contributed by atoms with E-state index in [1.54, 1.807) is 12.5 Å². The number of imidazole rings is 1. The summed E-state index contributed by atoms with van der Waals surface area (Å²) in [6.45, 7) is 3.74. The first-order valence-electron chi connectivity index (χ1n) is 7.47. The Morgan fingerprint density at radius 3 is 2.95 bits per heavy atom. The highest BCUT2D eigenvalue weighted by Crippen LogP contribution is 2.28.